The van der Waals surface area contributed by atoms with Crippen LogP contribution in [0.3, 0.4) is 0 Å². The molecule has 11 heteroatoms. The number of hydrogen-bond acceptors (Lipinski definition) is 8. The van der Waals surface area contributed by atoms with E-state index >= 15 is 0 Å². The number of thiazole rings is 2. The van der Waals surface area contributed by atoms with Crippen LogP contribution in [0.2, 0.25) is 0 Å². The lowest BCUT2D eigenvalue weighted by atomic mass is 9.94. The molecule has 0 unspecified atom stereocenters. The molecular weight excluding hydrogens is 600 g/mol. The maximum atomic E-state index is 14.1. The van der Waals surface area contributed by atoms with Gasteiger partial charge in [-0.25, -0.2) is 19.2 Å². The molecule has 3 aromatic carbocycles. The van der Waals surface area contributed by atoms with E-state index in [2.05, 4.69) is 15.3 Å². The number of carboxylic acids is 1. The molecule has 1 aliphatic rings. The zero-order chi connectivity index (χ0) is 31.2. The highest BCUT2D eigenvalue weighted by atomic mass is 32.1. The number of nitrogens with zero attached hydrogens (tertiary/aromatic N) is 3. The maximum Gasteiger partial charge on any atom is 0.355 e. The second kappa shape index (κ2) is 14.0. The monoisotopic (exact) mass is 632 g/mol. The predicted octanol–water partition coefficient (Wildman–Crippen LogP) is 7.75. The molecule has 0 saturated carbocycles. The number of carbonyl (C=O) groups excluding carboxylic acids is 1. The number of halogens is 1. The number of anilines is 2. The van der Waals surface area contributed by atoms with Crippen molar-refractivity contribution in [2.75, 3.05) is 23.4 Å². The Morgan fingerprint density at radius 3 is 2.66 bits per heavy atom. The molecule has 2 aromatic heterocycles. The number of benzene rings is 3. The van der Waals surface area contributed by atoms with Crippen molar-refractivity contribution >= 4 is 55.0 Å². The Kier molecular flexibility index (Phi) is 9.86. The van der Waals surface area contributed by atoms with E-state index in [0.29, 0.717) is 53.1 Å². The first kappa shape index (κ1) is 31.1. The van der Waals surface area contributed by atoms with Crippen molar-refractivity contribution < 1.29 is 23.8 Å². The minimum atomic E-state index is -1.09. The van der Waals surface area contributed by atoms with Gasteiger partial charge in [-0.15, -0.1) is 11.3 Å². The lowest BCUT2D eigenvalue weighted by Crippen LogP contribution is -2.32. The van der Waals surface area contributed by atoms with Gasteiger partial charge in [0.1, 0.15) is 0 Å². The highest BCUT2D eigenvalue weighted by molar-refractivity contribution is 7.22. The number of fused-ring (bicyclic) bond motifs is 2. The number of rotatable bonds is 9. The van der Waals surface area contributed by atoms with Gasteiger partial charge in [-0.05, 0) is 73.2 Å². The Labute approximate surface area is 263 Å². The number of nitrogens with one attached hydrogen (secondary N) is 1. The minimum absolute atomic E-state index is 0.0178. The normalized spacial score (nSPS) is 12.3. The van der Waals surface area contributed by atoms with Crippen LogP contribution in [-0.4, -0.2) is 40.1 Å². The number of aryl methyl sites for hydroxylation is 2. The first-order valence-electron chi connectivity index (χ1n) is 14.5. The van der Waals surface area contributed by atoms with Crippen molar-refractivity contribution in [1.82, 2.24) is 9.97 Å². The summed E-state index contributed by atoms with van der Waals surface area (Å²) in [5.74, 6) is -1.56. The van der Waals surface area contributed by atoms with Crippen molar-refractivity contribution in [1.29, 1.82) is 0 Å². The van der Waals surface area contributed by atoms with Crippen LogP contribution in [0.1, 0.15) is 62.7 Å². The molecule has 1 amide bonds. The van der Waals surface area contributed by atoms with Crippen LogP contribution in [0.4, 0.5) is 14.7 Å². The van der Waals surface area contributed by atoms with E-state index in [1.165, 1.54) is 28.7 Å². The fourth-order valence-electron chi connectivity index (χ4n) is 5.00. The summed E-state index contributed by atoms with van der Waals surface area (Å²) >= 11 is 2.76. The van der Waals surface area contributed by atoms with Crippen molar-refractivity contribution in [3.63, 3.8) is 0 Å². The van der Waals surface area contributed by atoms with Gasteiger partial charge in [-0.3, -0.25) is 10.1 Å². The van der Waals surface area contributed by atoms with Crippen molar-refractivity contribution in [2.45, 2.75) is 46.6 Å². The van der Waals surface area contributed by atoms with E-state index in [9.17, 15) is 19.1 Å². The van der Waals surface area contributed by atoms with Crippen LogP contribution < -0.4 is 15.0 Å². The maximum absolute atomic E-state index is 14.1. The van der Waals surface area contributed by atoms with Gasteiger partial charge in [-0.1, -0.05) is 55.5 Å². The van der Waals surface area contributed by atoms with Gasteiger partial charge in [0.25, 0.3) is 5.91 Å². The molecule has 228 valence electrons. The predicted molar refractivity (Wildman–Crippen MR) is 174 cm³/mol. The number of para-hydroxylation sites is 1. The topological polar surface area (TPSA) is 105 Å². The van der Waals surface area contributed by atoms with Gasteiger partial charge in [0.15, 0.2) is 27.5 Å². The summed E-state index contributed by atoms with van der Waals surface area (Å²) in [5.41, 5.74) is 4.20. The molecule has 1 aliphatic heterocycles. The summed E-state index contributed by atoms with van der Waals surface area (Å²) < 4.78 is 20.7. The Balaban J connectivity index is 0.00000188. The van der Waals surface area contributed by atoms with Crippen molar-refractivity contribution in [3.05, 3.63) is 99.3 Å². The molecule has 6 rings (SSSR count). The number of carboxylic acid groups (broad SMARTS) is 1. The van der Waals surface area contributed by atoms with Crippen molar-refractivity contribution in [2.24, 2.45) is 0 Å². The van der Waals surface area contributed by atoms with Gasteiger partial charge in [-0.2, -0.15) is 0 Å². The van der Waals surface area contributed by atoms with E-state index in [0.717, 1.165) is 26.9 Å². The quantitative estimate of drug-likeness (QED) is 0.160. The fraction of sp³-hybridized carbons (Fsp3) is 0.273. The smallest absolute Gasteiger partial charge is 0.355 e. The highest BCUT2D eigenvalue weighted by Gasteiger charge is 2.26. The number of hydrogen-bond donors (Lipinski definition) is 2. The number of aromatic nitrogens is 2. The second-order valence-electron chi connectivity index (χ2n) is 10.0. The first-order chi connectivity index (χ1) is 21.4. The number of ether oxygens (including phenoxy) is 1. The van der Waals surface area contributed by atoms with Gasteiger partial charge in [0.05, 0.1) is 16.8 Å². The van der Waals surface area contributed by atoms with E-state index in [1.54, 1.807) is 18.2 Å². The molecule has 3 heterocycles. The summed E-state index contributed by atoms with van der Waals surface area (Å²) in [4.78, 5) is 37.0. The molecule has 0 saturated heterocycles. The van der Waals surface area contributed by atoms with Crippen LogP contribution in [0.5, 0.6) is 5.75 Å². The third-order valence-electron chi connectivity index (χ3n) is 7.08. The molecule has 0 bridgehead atoms. The Hall–Kier alpha value is -4.35. The number of carbonyl (C=O) groups is 2. The summed E-state index contributed by atoms with van der Waals surface area (Å²) in [5, 5.41) is 13.9. The van der Waals surface area contributed by atoms with Gasteiger partial charge >= 0.3 is 5.97 Å². The average Bonchev–Trinajstić information content (AvgIpc) is 3.65. The summed E-state index contributed by atoms with van der Waals surface area (Å²) in [6, 6.07) is 18.2. The van der Waals surface area contributed by atoms with E-state index in [-0.39, 0.29) is 24.0 Å². The van der Waals surface area contributed by atoms with E-state index in [1.807, 2.05) is 62.1 Å². The Morgan fingerprint density at radius 1 is 1.07 bits per heavy atom. The van der Waals surface area contributed by atoms with Gasteiger partial charge in [0, 0.05) is 23.5 Å². The molecule has 0 atom stereocenters. The highest BCUT2D eigenvalue weighted by Crippen LogP contribution is 2.33. The summed E-state index contributed by atoms with van der Waals surface area (Å²) in [6.07, 6.45) is 1.64. The minimum Gasteiger partial charge on any atom is -0.491 e. The van der Waals surface area contributed by atoms with Crippen LogP contribution in [-0.2, 0) is 19.4 Å². The first-order valence-corrected chi connectivity index (χ1v) is 16.1. The van der Waals surface area contributed by atoms with Gasteiger partial charge < -0.3 is 14.7 Å². The summed E-state index contributed by atoms with van der Waals surface area (Å²) in [7, 11) is 0. The van der Waals surface area contributed by atoms with Gasteiger partial charge in [0.2, 0.25) is 0 Å². The molecule has 0 spiro atoms. The zero-order valence-electron chi connectivity index (χ0n) is 24.7. The lowest BCUT2D eigenvalue weighted by molar-refractivity contribution is 0.0690. The Morgan fingerprint density at radius 2 is 1.89 bits per heavy atom. The largest absolute Gasteiger partial charge is 0.491 e. The number of amides is 1. The standard InChI is InChI=1S/C31H27FN4O4S2.C2H6/c1-18-11-12-24(22(32)16-18)40-15-5-10-26-27(29(38)39)34-31(42-26)36-14-13-19-6-4-7-20(21(19)17-36)28(37)35-30-33-23-8-2-3-9-25(23)41-30;1-2/h2-4,6-9,11-12,16H,5,10,13-15,17H2,1H3,(H,38,39)(H,33,35,37);1-2H3. The molecule has 8 nitrogen and oxygen atoms in total. The second-order valence-corrected chi connectivity index (χ2v) is 12.1. The Bertz CT molecular complexity index is 1770. The van der Waals surface area contributed by atoms with Crippen LogP contribution in [0.25, 0.3) is 10.2 Å². The third-order valence-corrected chi connectivity index (χ3v) is 9.21. The number of aromatic carboxylic acids is 1. The fourth-order valence-corrected chi connectivity index (χ4v) is 6.98. The van der Waals surface area contributed by atoms with Crippen LogP contribution in [0, 0.1) is 12.7 Å². The van der Waals surface area contributed by atoms with E-state index < -0.39 is 11.8 Å². The third kappa shape index (κ3) is 6.89. The lowest BCUT2D eigenvalue weighted by Gasteiger charge is -2.29. The summed E-state index contributed by atoms with van der Waals surface area (Å²) in [6.45, 7) is 7.14. The zero-order valence-corrected chi connectivity index (χ0v) is 26.4. The van der Waals surface area contributed by atoms with E-state index in [4.69, 9.17) is 4.74 Å². The molecule has 5 aromatic rings. The SMILES string of the molecule is CC.Cc1ccc(OCCCc2sc(N3CCc4cccc(C(=O)Nc5nc6ccccc6s5)c4C3)nc2C(=O)O)c(F)c1. The van der Waals surface area contributed by atoms with Crippen LogP contribution in [0.15, 0.2) is 60.7 Å². The molecule has 2 N–H and O–H groups in total. The molecule has 0 aliphatic carbocycles. The molecular formula is C33H33FN4O4S2. The van der Waals surface area contributed by atoms with Crippen LogP contribution >= 0.6 is 22.7 Å². The molecule has 0 fully saturated rings. The molecule has 0 radical (unpaired) electrons. The molecule has 44 heavy (non-hydrogen) atoms. The van der Waals surface area contributed by atoms with Crippen molar-refractivity contribution in [3.8, 4) is 5.75 Å². The average molecular weight is 633 g/mol.